The fourth-order valence-electron chi connectivity index (χ4n) is 3.45. The summed E-state index contributed by atoms with van der Waals surface area (Å²) in [5, 5.41) is 9.08. The van der Waals surface area contributed by atoms with Gasteiger partial charge in [0, 0.05) is 5.56 Å². The van der Waals surface area contributed by atoms with Gasteiger partial charge in [0.1, 0.15) is 11.6 Å². The third kappa shape index (κ3) is 4.17. The van der Waals surface area contributed by atoms with Crippen molar-refractivity contribution in [3.63, 3.8) is 0 Å². The van der Waals surface area contributed by atoms with E-state index in [4.69, 9.17) is 9.15 Å². The Kier molecular flexibility index (Phi) is 5.85. The molecule has 170 valence electrons. The molecule has 0 radical (unpaired) electrons. The molecule has 0 saturated heterocycles. The number of thioether (sulfide) groups is 1. The van der Waals surface area contributed by atoms with Crippen molar-refractivity contribution in [3.05, 3.63) is 94.4 Å². The van der Waals surface area contributed by atoms with Gasteiger partial charge in [-0.25, -0.2) is 9.37 Å². The number of para-hydroxylation sites is 1. The van der Waals surface area contributed by atoms with Crippen LogP contribution < -0.4 is 10.3 Å². The molecule has 0 aliphatic rings. The molecular formula is C25H19FN4O3S. The molecule has 2 aromatic heterocycles. The number of nitrogens with zero attached hydrogens (tertiary/aromatic N) is 4. The maximum atomic E-state index is 14.3. The number of methoxy groups -OCH3 is 1. The van der Waals surface area contributed by atoms with Crippen molar-refractivity contribution in [2.75, 3.05) is 7.11 Å². The lowest BCUT2D eigenvalue weighted by atomic mass is 10.2. The van der Waals surface area contributed by atoms with Crippen LogP contribution in [-0.2, 0) is 5.75 Å². The highest BCUT2D eigenvalue weighted by Gasteiger charge is 2.16. The molecule has 9 heteroatoms. The van der Waals surface area contributed by atoms with Crippen molar-refractivity contribution >= 4 is 22.7 Å². The summed E-state index contributed by atoms with van der Waals surface area (Å²) in [5.74, 6) is 1.37. The van der Waals surface area contributed by atoms with Crippen LogP contribution in [-0.4, -0.2) is 26.9 Å². The van der Waals surface area contributed by atoms with Gasteiger partial charge in [0.2, 0.25) is 11.8 Å². The molecule has 2 heterocycles. The van der Waals surface area contributed by atoms with Crippen molar-refractivity contribution in [2.24, 2.45) is 0 Å². The Hall–Kier alpha value is -3.98. The van der Waals surface area contributed by atoms with Crippen molar-refractivity contribution in [1.29, 1.82) is 0 Å². The SMILES string of the molecule is COc1ccc(-c2nnc(CSc3nc4ccccc4c(=O)n3-c3ccc(C)c(F)c3)o2)cc1. The van der Waals surface area contributed by atoms with Crippen LogP contribution in [0, 0.1) is 12.7 Å². The van der Waals surface area contributed by atoms with E-state index in [1.165, 1.54) is 22.4 Å². The first-order chi connectivity index (χ1) is 16.5. The van der Waals surface area contributed by atoms with E-state index in [0.29, 0.717) is 39.1 Å². The van der Waals surface area contributed by atoms with Crippen LogP contribution in [0.5, 0.6) is 5.75 Å². The van der Waals surface area contributed by atoms with E-state index in [-0.39, 0.29) is 11.3 Å². The summed E-state index contributed by atoms with van der Waals surface area (Å²) in [4.78, 5) is 18.0. The maximum absolute atomic E-state index is 14.3. The summed E-state index contributed by atoms with van der Waals surface area (Å²) in [5.41, 5.74) is 1.94. The minimum Gasteiger partial charge on any atom is -0.497 e. The van der Waals surface area contributed by atoms with Gasteiger partial charge in [-0.1, -0.05) is 30.0 Å². The standard InChI is InChI=1S/C25H19FN4O3S/c1-15-7-10-17(13-20(15)26)30-24(31)19-5-3-4-6-21(19)27-25(30)34-14-22-28-29-23(33-22)16-8-11-18(32-2)12-9-16/h3-13H,14H2,1-2H3. The average Bonchev–Trinajstić information content (AvgIpc) is 3.34. The highest BCUT2D eigenvalue weighted by Crippen LogP contribution is 2.27. The lowest BCUT2D eigenvalue weighted by Crippen LogP contribution is -2.22. The zero-order valence-electron chi connectivity index (χ0n) is 18.4. The van der Waals surface area contributed by atoms with Crippen LogP contribution in [0.2, 0.25) is 0 Å². The van der Waals surface area contributed by atoms with Gasteiger partial charge in [0.05, 0.1) is 29.5 Å². The summed E-state index contributed by atoms with van der Waals surface area (Å²) in [6.07, 6.45) is 0. The van der Waals surface area contributed by atoms with E-state index in [0.717, 1.165) is 11.3 Å². The lowest BCUT2D eigenvalue weighted by Gasteiger charge is -2.13. The summed E-state index contributed by atoms with van der Waals surface area (Å²) in [7, 11) is 1.60. The van der Waals surface area contributed by atoms with Gasteiger partial charge in [-0.3, -0.25) is 9.36 Å². The number of fused-ring (bicyclic) bond motifs is 1. The molecule has 0 spiro atoms. The van der Waals surface area contributed by atoms with Crippen LogP contribution in [0.25, 0.3) is 28.0 Å². The highest BCUT2D eigenvalue weighted by molar-refractivity contribution is 7.98. The van der Waals surface area contributed by atoms with Crippen LogP contribution in [0.3, 0.4) is 0 Å². The van der Waals surface area contributed by atoms with Gasteiger partial charge in [0.15, 0.2) is 5.16 Å². The van der Waals surface area contributed by atoms with Crippen LogP contribution >= 0.6 is 11.8 Å². The average molecular weight is 475 g/mol. The minimum absolute atomic E-state index is 0.277. The summed E-state index contributed by atoms with van der Waals surface area (Å²) in [6, 6.07) is 19.0. The number of aromatic nitrogens is 4. The Bertz CT molecular complexity index is 1550. The zero-order valence-corrected chi connectivity index (χ0v) is 19.2. The topological polar surface area (TPSA) is 83.0 Å². The molecule has 0 unspecified atom stereocenters. The second kappa shape index (κ2) is 9.11. The van der Waals surface area contributed by atoms with Crippen LogP contribution in [0.1, 0.15) is 11.5 Å². The molecule has 0 amide bonds. The van der Waals surface area contributed by atoms with Crippen molar-refractivity contribution in [2.45, 2.75) is 17.8 Å². The van der Waals surface area contributed by atoms with Crippen molar-refractivity contribution in [3.8, 4) is 22.9 Å². The quantitative estimate of drug-likeness (QED) is 0.248. The second-order valence-electron chi connectivity index (χ2n) is 7.50. The minimum atomic E-state index is -0.394. The number of hydrogen-bond acceptors (Lipinski definition) is 7. The molecule has 0 fully saturated rings. The van der Waals surface area contributed by atoms with Gasteiger partial charge in [-0.05, 0) is 61.0 Å². The van der Waals surface area contributed by atoms with E-state index in [2.05, 4.69) is 15.2 Å². The van der Waals surface area contributed by atoms with E-state index in [9.17, 15) is 9.18 Å². The number of hydrogen-bond donors (Lipinski definition) is 0. The molecule has 7 nitrogen and oxygen atoms in total. The van der Waals surface area contributed by atoms with E-state index in [1.807, 2.05) is 30.3 Å². The molecule has 0 N–H and O–H groups in total. The number of benzene rings is 3. The van der Waals surface area contributed by atoms with E-state index in [1.54, 1.807) is 44.4 Å². The molecule has 0 bridgehead atoms. The van der Waals surface area contributed by atoms with Crippen LogP contribution in [0.4, 0.5) is 4.39 Å². The third-order valence-electron chi connectivity index (χ3n) is 5.29. The fraction of sp³-hybridized carbons (Fsp3) is 0.120. The van der Waals surface area contributed by atoms with E-state index < -0.39 is 5.82 Å². The molecule has 0 atom stereocenters. The highest BCUT2D eigenvalue weighted by atomic mass is 32.2. The first-order valence-electron chi connectivity index (χ1n) is 10.4. The fourth-order valence-corrected chi connectivity index (χ4v) is 4.30. The number of halogens is 1. The monoisotopic (exact) mass is 474 g/mol. The molecule has 0 aliphatic heterocycles. The van der Waals surface area contributed by atoms with Gasteiger partial charge < -0.3 is 9.15 Å². The second-order valence-corrected chi connectivity index (χ2v) is 8.45. The molecule has 0 aliphatic carbocycles. The summed E-state index contributed by atoms with van der Waals surface area (Å²) in [6.45, 7) is 1.67. The maximum Gasteiger partial charge on any atom is 0.266 e. The molecule has 3 aromatic carbocycles. The number of aryl methyl sites for hydroxylation is 1. The third-order valence-corrected chi connectivity index (χ3v) is 6.21. The largest absolute Gasteiger partial charge is 0.497 e. The number of ether oxygens (including phenoxy) is 1. The Morgan fingerprint density at radius 2 is 1.85 bits per heavy atom. The smallest absolute Gasteiger partial charge is 0.266 e. The van der Waals surface area contributed by atoms with Crippen LogP contribution in [0.15, 0.2) is 81.1 Å². The molecule has 34 heavy (non-hydrogen) atoms. The Labute approximate surface area is 198 Å². The molecule has 5 rings (SSSR count). The predicted octanol–water partition coefficient (Wildman–Crippen LogP) is 5.18. The Morgan fingerprint density at radius 3 is 2.62 bits per heavy atom. The van der Waals surface area contributed by atoms with Crippen molar-refractivity contribution < 1.29 is 13.5 Å². The van der Waals surface area contributed by atoms with Gasteiger partial charge >= 0.3 is 0 Å². The first-order valence-corrected chi connectivity index (χ1v) is 11.4. The van der Waals surface area contributed by atoms with E-state index >= 15 is 0 Å². The zero-order chi connectivity index (χ0) is 23.7. The number of rotatable bonds is 6. The molecular weight excluding hydrogens is 455 g/mol. The van der Waals surface area contributed by atoms with Gasteiger partial charge in [-0.15, -0.1) is 10.2 Å². The molecule has 5 aromatic rings. The van der Waals surface area contributed by atoms with Crippen molar-refractivity contribution in [1.82, 2.24) is 19.7 Å². The summed E-state index contributed by atoms with van der Waals surface area (Å²) < 4.78 is 26.7. The normalized spacial score (nSPS) is 11.1. The first kappa shape index (κ1) is 21.8. The summed E-state index contributed by atoms with van der Waals surface area (Å²) >= 11 is 1.26. The molecule has 0 saturated carbocycles. The van der Waals surface area contributed by atoms with Gasteiger partial charge in [0.25, 0.3) is 5.56 Å². The Morgan fingerprint density at radius 1 is 1.06 bits per heavy atom. The Balaban J connectivity index is 1.49. The lowest BCUT2D eigenvalue weighted by molar-refractivity contribution is 0.415. The predicted molar refractivity (Wildman–Crippen MR) is 128 cm³/mol. The van der Waals surface area contributed by atoms with Gasteiger partial charge in [-0.2, -0.15) is 0 Å².